The zero-order chi connectivity index (χ0) is 13.8. The van der Waals surface area contributed by atoms with Crippen molar-refractivity contribution in [3.05, 3.63) is 42.2 Å². The van der Waals surface area contributed by atoms with Crippen molar-refractivity contribution in [3.8, 4) is 0 Å². The normalized spacial score (nSPS) is 20.9. The van der Waals surface area contributed by atoms with Crippen LogP contribution in [0.2, 0.25) is 0 Å². The predicted octanol–water partition coefficient (Wildman–Crippen LogP) is 3.02. The molecule has 4 heteroatoms. The molecule has 20 heavy (non-hydrogen) atoms. The van der Waals surface area contributed by atoms with Crippen LogP contribution in [-0.2, 0) is 4.74 Å². The van der Waals surface area contributed by atoms with E-state index in [4.69, 9.17) is 4.74 Å². The molecule has 0 spiro atoms. The largest absolute Gasteiger partial charge is 0.375 e. The van der Waals surface area contributed by atoms with Gasteiger partial charge in [-0.2, -0.15) is 11.8 Å². The number of hydrogen-bond donors (Lipinski definition) is 1. The minimum atomic E-state index is 0.243. The lowest BCUT2D eigenvalue weighted by Gasteiger charge is -2.31. The van der Waals surface area contributed by atoms with Crippen LogP contribution in [0.25, 0.3) is 10.8 Å². The maximum Gasteiger partial charge on any atom is 0.0860 e. The molecule has 2 heterocycles. The summed E-state index contributed by atoms with van der Waals surface area (Å²) < 4.78 is 6.00. The van der Waals surface area contributed by atoms with Gasteiger partial charge in [0.05, 0.1) is 18.8 Å². The minimum absolute atomic E-state index is 0.243. The maximum absolute atomic E-state index is 6.00. The second-order valence-corrected chi connectivity index (χ2v) is 6.11. The molecule has 0 radical (unpaired) electrons. The monoisotopic (exact) mass is 288 g/mol. The topological polar surface area (TPSA) is 34.2 Å². The summed E-state index contributed by atoms with van der Waals surface area (Å²) in [6.45, 7) is 3.94. The number of benzene rings is 1. The van der Waals surface area contributed by atoms with E-state index >= 15 is 0 Å². The number of aromatic nitrogens is 1. The third kappa shape index (κ3) is 2.82. The highest BCUT2D eigenvalue weighted by molar-refractivity contribution is 7.99. The first-order valence-electron chi connectivity index (χ1n) is 7.15. The van der Waals surface area contributed by atoms with Gasteiger partial charge >= 0.3 is 0 Å². The smallest absolute Gasteiger partial charge is 0.0860 e. The van der Waals surface area contributed by atoms with Gasteiger partial charge in [-0.15, -0.1) is 0 Å². The summed E-state index contributed by atoms with van der Waals surface area (Å²) in [6, 6.07) is 8.78. The van der Waals surface area contributed by atoms with E-state index in [0.717, 1.165) is 24.7 Å². The number of nitrogens with zero attached hydrogens (tertiary/aromatic N) is 1. The molecule has 1 saturated heterocycles. The van der Waals surface area contributed by atoms with Crippen LogP contribution in [0.1, 0.15) is 18.5 Å². The Morgan fingerprint density at radius 2 is 2.40 bits per heavy atom. The van der Waals surface area contributed by atoms with Crippen LogP contribution in [0.3, 0.4) is 0 Å². The number of nitrogens with one attached hydrogen (secondary N) is 1. The molecule has 0 bridgehead atoms. The molecule has 2 atom stereocenters. The van der Waals surface area contributed by atoms with Crippen molar-refractivity contribution in [1.29, 1.82) is 0 Å². The summed E-state index contributed by atoms with van der Waals surface area (Å²) in [6.07, 6.45) is 4.04. The number of ether oxygens (including phenoxy) is 1. The Kier molecular flexibility index (Phi) is 4.55. The Morgan fingerprint density at radius 1 is 1.45 bits per heavy atom. The highest BCUT2D eigenvalue weighted by Gasteiger charge is 2.26. The second kappa shape index (κ2) is 6.57. The second-order valence-electron chi connectivity index (χ2n) is 4.96. The van der Waals surface area contributed by atoms with E-state index in [1.54, 1.807) is 0 Å². The van der Waals surface area contributed by atoms with E-state index in [1.807, 2.05) is 24.2 Å². The van der Waals surface area contributed by atoms with Crippen LogP contribution in [0.5, 0.6) is 0 Å². The fraction of sp³-hybridized carbons (Fsp3) is 0.438. The van der Waals surface area contributed by atoms with E-state index in [0.29, 0.717) is 0 Å². The molecule has 106 valence electrons. The molecule has 0 amide bonds. The molecule has 3 nitrogen and oxygen atoms in total. The minimum Gasteiger partial charge on any atom is -0.375 e. The van der Waals surface area contributed by atoms with Crippen molar-refractivity contribution in [3.63, 3.8) is 0 Å². The average Bonchev–Trinajstić information content (AvgIpc) is 2.53. The Hall–Kier alpha value is -1.10. The van der Waals surface area contributed by atoms with Crippen molar-refractivity contribution in [2.75, 3.05) is 24.7 Å². The molecule has 1 N–H and O–H groups in total. The molecule has 1 aliphatic heterocycles. The van der Waals surface area contributed by atoms with Crippen LogP contribution >= 0.6 is 11.8 Å². The van der Waals surface area contributed by atoms with Gasteiger partial charge in [0, 0.05) is 29.3 Å². The third-order valence-electron chi connectivity index (χ3n) is 3.69. The Bertz CT molecular complexity index is 564. The number of thioether (sulfide) groups is 1. The molecule has 0 saturated carbocycles. The molecule has 1 aliphatic rings. The molecule has 1 aromatic carbocycles. The van der Waals surface area contributed by atoms with Crippen molar-refractivity contribution in [1.82, 2.24) is 10.3 Å². The van der Waals surface area contributed by atoms with Gasteiger partial charge in [-0.05, 0) is 23.6 Å². The number of likely N-dealkylation sites (N-methyl/N-ethyl adjacent to an activating group) is 1. The first-order chi connectivity index (χ1) is 9.90. The molecule has 3 rings (SSSR count). The van der Waals surface area contributed by atoms with Gasteiger partial charge in [0.2, 0.25) is 0 Å². The summed E-state index contributed by atoms with van der Waals surface area (Å²) in [5, 5.41) is 6.06. The first kappa shape index (κ1) is 13.9. The molecule has 2 unspecified atom stereocenters. The van der Waals surface area contributed by atoms with Crippen LogP contribution in [0, 0.1) is 0 Å². The van der Waals surface area contributed by atoms with Crippen molar-refractivity contribution in [2.24, 2.45) is 0 Å². The van der Waals surface area contributed by atoms with Gasteiger partial charge in [0.15, 0.2) is 0 Å². The van der Waals surface area contributed by atoms with Crippen molar-refractivity contribution < 1.29 is 4.74 Å². The Morgan fingerprint density at radius 3 is 3.20 bits per heavy atom. The SMILES string of the molecule is CCNC(c1cccc2cnccc12)C1CSCCO1. The summed E-state index contributed by atoms with van der Waals surface area (Å²) in [5.41, 5.74) is 1.32. The van der Waals surface area contributed by atoms with E-state index in [-0.39, 0.29) is 12.1 Å². The fourth-order valence-electron chi connectivity index (χ4n) is 2.78. The predicted molar refractivity (Wildman–Crippen MR) is 85.2 cm³/mol. The zero-order valence-corrected chi connectivity index (χ0v) is 12.5. The highest BCUT2D eigenvalue weighted by atomic mass is 32.2. The zero-order valence-electron chi connectivity index (χ0n) is 11.7. The molecule has 2 aromatic rings. The average molecular weight is 288 g/mol. The Labute approximate surface area is 124 Å². The number of rotatable bonds is 4. The Balaban J connectivity index is 2.00. The summed E-state index contributed by atoms with van der Waals surface area (Å²) >= 11 is 1.98. The van der Waals surface area contributed by atoms with E-state index < -0.39 is 0 Å². The molecule has 0 aliphatic carbocycles. The number of pyridine rings is 1. The molecule has 1 fully saturated rings. The lowest BCUT2D eigenvalue weighted by Crippen LogP contribution is -2.38. The number of fused-ring (bicyclic) bond motifs is 1. The quantitative estimate of drug-likeness (QED) is 0.938. The van der Waals surface area contributed by atoms with Gasteiger partial charge in [0.25, 0.3) is 0 Å². The van der Waals surface area contributed by atoms with Gasteiger partial charge in [-0.25, -0.2) is 0 Å². The molecular formula is C16H20N2OS. The summed E-state index contributed by atoms with van der Waals surface area (Å²) in [4.78, 5) is 4.22. The first-order valence-corrected chi connectivity index (χ1v) is 8.31. The fourth-order valence-corrected chi connectivity index (χ4v) is 3.68. The van der Waals surface area contributed by atoms with Crippen LogP contribution < -0.4 is 5.32 Å². The maximum atomic E-state index is 6.00. The van der Waals surface area contributed by atoms with Gasteiger partial charge in [-0.3, -0.25) is 4.98 Å². The lowest BCUT2D eigenvalue weighted by atomic mass is 9.96. The molecular weight excluding hydrogens is 268 g/mol. The van der Waals surface area contributed by atoms with E-state index in [1.165, 1.54) is 16.3 Å². The summed E-state index contributed by atoms with van der Waals surface area (Å²) in [7, 11) is 0. The van der Waals surface area contributed by atoms with Crippen molar-refractivity contribution >= 4 is 22.5 Å². The molecule has 1 aromatic heterocycles. The van der Waals surface area contributed by atoms with Crippen LogP contribution in [0.4, 0.5) is 0 Å². The van der Waals surface area contributed by atoms with Gasteiger partial charge in [-0.1, -0.05) is 25.1 Å². The lowest BCUT2D eigenvalue weighted by molar-refractivity contribution is 0.0476. The third-order valence-corrected chi connectivity index (χ3v) is 4.71. The van der Waals surface area contributed by atoms with Gasteiger partial charge < -0.3 is 10.1 Å². The van der Waals surface area contributed by atoms with Crippen LogP contribution in [-0.4, -0.2) is 35.7 Å². The number of hydrogen-bond acceptors (Lipinski definition) is 4. The van der Waals surface area contributed by atoms with Gasteiger partial charge in [0.1, 0.15) is 0 Å². The van der Waals surface area contributed by atoms with Crippen LogP contribution in [0.15, 0.2) is 36.7 Å². The van der Waals surface area contributed by atoms with E-state index in [2.05, 4.69) is 41.5 Å². The summed E-state index contributed by atoms with van der Waals surface area (Å²) in [5.74, 6) is 2.16. The van der Waals surface area contributed by atoms with E-state index in [9.17, 15) is 0 Å². The highest BCUT2D eigenvalue weighted by Crippen LogP contribution is 2.30. The van der Waals surface area contributed by atoms with Crippen molar-refractivity contribution in [2.45, 2.75) is 19.1 Å². The standard InChI is InChI=1S/C16H20N2OS/c1-2-18-16(15-11-20-9-8-19-15)14-5-3-4-12-10-17-7-6-13(12)14/h3-7,10,15-16,18H,2,8-9,11H2,1H3.